The summed E-state index contributed by atoms with van der Waals surface area (Å²) < 4.78 is 3.44. The number of hydrogen-bond acceptors (Lipinski definition) is 12. The van der Waals surface area contributed by atoms with Gasteiger partial charge in [-0.15, -0.1) is 0 Å². The second-order valence-corrected chi connectivity index (χ2v) is 16.5. The van der Waals surface area contributed by atoms with Crippen LogP contribution in [0.2, 0.25) is 0 Å². The molecule has 15 heteroatoms. The number of piperidine rings is 1. The van der Waals surface area contributed by atoms with Crippen LogP contribution in [0.3, 0.4) is 0 Å². The molecule has 3 aliphatic heterocycles. The number of aromatic nitrogens is 4. The van der Waals surface area contributed by atoms with E-state index in [1.54, 1.807) is 30.1 Å². The normalized spacial score (nSPS) is 26.5. The van der Waals surface area contributed by atoms with E-state index in [4.69, 9.17) is 10.1 Å². The number of anilines is 2. The van der Waals surface area contributed by atoms with Crippen LogP contribution in [0.4, 0.5) is 17.1 Å². The molecule has 1 unspecified atom stereocenters. The highest BCUT2D eigenvalue weighted by Crippen LogP contribution is 2.60. The monoisotopic (exact) mass is 764 g/mol. The van der Waals surface area contributed by atoms with Gasteiger partial charge >= 0.3 is 0 Å². The average molecular weight is 765 g/mol. The quantitative estimate of drug-likeness (QED) is 0.153. The maximum Gasteiger partial charge on any atom is 0.234 e. The molecule has 290 valence electrons. The number of fused-ring (bicyclic) bond motifs is 4. The lowest BCUT2D eigenvalue weighted by molar-refractivity contribution is -0.443. The Morgan fingerprint density at radius 3 is 2.47 bits per heavy atom. The van der Waals surface area contributed by atoms with Crippen molar-refractivity contribution in [1.82, 2.24) is 30.0 Å². The maximum atomic E-state index is 12.3. The summed E-state index contributed by atoms with van der Waals surface area (Å²) >= 11 is 0. The number of carbonyl (C=O) groups is 2. The summed E-state index contributed by atoms with van der Waals surface area (Å²) in [5.74, 6) is -0.0893. The molecule has 5 fully saturated rings. The lowest BCUT2D eigenvalue weighted by Crippen LogP contribution is -2.50. The minimum Gasteiger partial charge on any atom is -0.369 e. The molecule has 3 atom stereocenters. The Hall–Kier alpha value is -6.06. The predicted octanol–water partition coefficient (Wildman–Crippen LogP) is 5.55. The highest BCUT2D eigenvalue weighted by molar-refractivity contribution is 6.01. The van der Waals surface area contributed by atoms with Crippen LogP contribution in [0, 0.1) is 33.5 Å². The van der Waals surface area contributed by atoms with Gasteiger partial charge in [0.05, 0.1) is 35.6 Å². The van der Waals surface area contributed by atoms with Crippen LogP contribution < -0.4 is 15.5 Å². The molecule has 0 radical (unpaired) electrons. The molecule has 2 bridgehead atoms. The fraction of sp³-hybridized carbons (Fsp3) is 0.476. The van der Waals surface area contributed by atoms with Crippen molar-refractivity contribution in [2.75, 3.05) is 42.9 Å². The summed E-state index contributed by atoms with van der Waals surface area (Å²) in [7, 11) is 0. The van der Waals surface area contributed by atoms with E-state index in [1.165, 1.54) is 37.6 Å². The SMILES string of the molecule is C[C@H](C#N)Nc1cc(-n2ncc3cc(C#N)cnc32)ncc1[N+]1=C[C@@H](C23CCC(CCN4CCN(c5ccc(C6CCC(=O)NC6=O)cc5)CC4)(CC2)CC3)N=N1. The Labute approximate surface area is 331 Å². The third kappa shape index (κ3) is 7.01. The molecule has 6 heterocycles. The first kappa shape index (κ1) is 36.6. The van der Waals surface area contributed by atoms with E-state index in [2.05, 4.69) is 66.2 Å². The number of carbonyl (C=O) groups excluding carboxylic acids is 2. The Kier molecular flexibility index (Phi) is 9.49. The molecule has 10 rings (SSSR count). The Morgan fingerprint density at radius 2 is 1.75 bits per heavy atom. The van der Waals surface area contributed by atoms with Gasteiger partial charge in [0.25, 0.3) is 0 Å². The number of imide groups is 1. The van der Waals surface area contributed by atoms with E-state index < -0.39 is 6.04 Å². The highest BCUT2D eigenvalue weighted by Gasteiger charge is 2.55. The van der Waals surface area contributed by atoms with E-state index in [0.717, 1.165) is 62.9 Å². The van der Waals surface area contributed by atoms with Crippen molar-refractivity contribution in [3.8, 4) is 18.0 Å². The smallest absolute Gasteiger partial charge is 0.234 e. The maximum absolute atomic E-state index is 12.3. The zero-order valence-corrected chi connectivity index (χ0v) is 32.1. The molecule has 3 aromatic heterocycles. The molecule has 15 nitrogen and oxygen atoms in total. The Bertz CT molecular complexity index is 2340. The van der Waals surface area contributed by atoms with Gasteiger partial charge in [-0.2, -0.15) is 20.3 Å². The molecule has 2 N–H and O–H groups in total. The predicted molar refractivity (Wildman–Crippen MR) is 212 cm³/mol. The number of piperazine rings is 1. The summed E-state index contributed by atoms with van der Waals surface area (Å²) in [6.07, 6.45) is 16.3. The van der Waals surface area contributed by atoms with Crippen LogP contribution >= 0.6 is 0 Å². The molecule has 3 saturated carbocycles. The Morgan fingerprint density at radius 1 is 0.982 bits per heavy atom. The molecule has 6 aliphatic rings. The van der Waals surface area contributed by atoms with Crippen molar-refractivity contribution < 1.29 is 14.3 Å². The second-order valence-electron chi connectivity index (χ2n) is 16.5. The Balaban J connectivity index is 0.808. The van der Waals surface area contributed by atoms with Crippen molar-refractivity contribution in [3.63, 3.8) is 0 Å². The summed E-state index contributed by atoms with van der Waals surface area (Å²) in [6, 6.07) is 15.8. The number of pyridine rings is 2. The number of amides is 2. The first-order chi connectivity index (χ1) is 27.7. The van der Waals surface area contributed by atoms with Crippen molar-refractivity contribution in [2.24, 2.45) is 21.2 Å². The van der Waals surface area contributed by atoms with Crippen molar-refractivity contribution in [1.29, 1.82) is 10.5 Å². The highest BCUT2D eigenvalue weighted by atomic mass is 16.2. The van der Waals surface area contributed by atoms with Crippen LogP contribution in [-0.4, -0.2) is 92.2 Å². The molecular weight excluding hydrogens is 719 g/mol. The minimum absolute atomic E-state index is 0.0172. The third-order valence-electron chi connectivity index (χ3n) is 13.3. The van der Waals surface area contributed by atoms with Crippen LogP contribution in [-0.2, 0) is 9.59 Å². The topological polar surface area (TPSA) is 184 Å². The van der Waals surface area contributed by atoms with Crippen molar-refractivity contribution in [2.45, 2.75) is 82.7 Å². The molecule has 57 heavy (non-hydrogen) atoms. The van der Waals surface area contributed by atoms with Crippen LogP contribution in [0.1, 0.15) is 81.8 Å². The standard InChI is InChI=1S/C42H45N13O2/c1-28(22-43)48-34-21-37(55-39-31(25-47-55)20-29(23-44)24-46-39)45-26-35(34)54-27-36(50-51-54)42-11-8-41(9-12-42,10-13-42)14-15-52-16-18-53(19-17-52)32-4-2-30(3-5-32)33-6-7-38(56)49-40(33)57/h2-5,20-21,24-28,33,36H,6-19H2,1H3,(H-,45,48,49,56,57)/p+1/t28-,33?,36+,41?,42?/m1/s1. The van der Waals surface area contributed by atoms with E-state index in [-0.39, 0.29) is 29.2 Å². The number of nitriles is 2. The summed E-state index contributed by atoms with van der Waals surface area (Å²) in [6.45, 7) is 6.99. The van der Waals surface area contributed by atoms with Gasteiger partial charge in [0.2, 0.25) is 17.9 Å². The summed E-state index contributed by atoms with van der Waals surface area (Å²) in [5.41, 5.74) is 5.11. The van der Waals surface area contributed by atoms with Gasteiger partial charge in [0, 0.05) is 66.5 Å². The van der Waals surface area contributed by atoms with E-state index >= 15 is 0 Å². The number of benzene rings is 1. The first-order valence-corrected chi connectivity index (χ1v) is 20.1. The molecule has 2 amide bonds. The summed E-state index contributed by atoms with van der Waals surface area (Å²) in [4.78, 5) is 38.1. The molecular formula is C42H46N13O2+. The average Bonchev–Trinajstić information content (AvgIpc) is 3.92. The van der Waals surface area contributed by atoms with E-state index in [9.17, 15) is 20.1 Å². The number of nitrogens with zero attached hydrogens (tertiary/aromatic N) is 11. The van der Waals surface area contributed by atoms with Crippen LogP contribution in [0.5, 0.6) is 0 Å². The fourth-order valence-corrected chi connectivity index (χ4v) is 9.65. The molecule has 0 spiro atoms. The minimum atomic E-state index is -0.460. The van der Waals surface area contributed by atoms with Gasteiger partial charge < -0.3 is 10.2 Å². The molecule has 1 aromatic carbocycles. The van der Waals surface area contributed by atoms with Crippen molar-refractivity contribution >= 4 is 46.1 Å². The zero-order chi connectivity index (χ0) is 39.1. The van der Waals surface area contributed by atoms with Crippen LogP contribution in [0.25, 0.3) is 16.9 Å². The van der Waals surface area contributed by atoms with Gasteiger partial charge in [-0.3, -0.25) is 19.8 Å². The number of nitrogens with one attached hydrogen (secondary N) is 2. The third-order valence-corrected chi connectivity index (χ3v) is 13.3. The number of rotatable bonds is 10. The second kappa shape index (κ2) is 14.8. The summed E-state index contributed by atoms with van der Waals surface area (Å²) in [5, 5.41) is 39.4. The van der Waals surface area contributed by atoms with Gasteiger partial charge in [-0.25, -0.2) is 9.97 Å². The van der Waals surface area contributed by atoms with Crippen molar-refractivity contribution in [3.05, 3.63) is 66.1 Å². The van der Waals surface area contributed by atoms with Crippen LogP contribution in [0.15, 0.2) is 65.3 Å². The number of hydrogen-bond donors (Lipinski definition) is 2. The molecule has 4 aromatic rings. The van der Waals surface area contributed by atoms with Gasteiger partial charge in [-0.05, 0) is 94.0 Å². The largest absolute Gasteiger partial charge is 0.369 e. The van der Waals surface area contributed by atoms with Gasteiger partial charge in [0.15, 0.2) is 17.2 Å². The van der Waals surface area contributed by atoms with E-state index in [0.29, 0.717) is 46.7 Å². The lowest BCUT2D eigenvalue weighted by atomic mass is 9.51. The molecule has 3 aliphatic carbocycles. The van der Waals surface area contributed by atoms with Gasteiger partial charge in [0.1, 0.15) is 23.5 Å². The zero-order valence-electron chi connectivity index (χ0n) is 32.1. The van der Waals surface area contributed by atoms with E-state index in [1.807, 2.05) is 22.9 Å². The first-order valence-electron chi connectivity index (χ1n) is 20.1. The lowest BCUT2D eigenvalue weighted by Gasteiger charge is -2.53. The fourth-order valence-electron chi connectivity index (χ4n) is 9.65. The van der Waals surface area contributed by atoms with Gasteiger partial charge in [-0.1, -0.05) is 16.8 Å². The molecule has 2 saturated heterocycles.